The summed E-state index contributed by atoms with van der Waals surface area (Å²) in [6.45, 7) is 3.42. The summed E-state index contributed by atoms with van der Waals surface area (Å²) in [5, 5.41) is 17.9. The van der Waals surface area contributed by atoms with Gasteiger partial charge in [0.05, 0.1) is 6.04 Å². The number of fused-ring (bicyclic) bond motifs is 1. The van der Waals surface area contributed by atoms with E-state index in [1.54, 1.807) is 26.1 Å². The third kappa shape index (κ3) is 9.38. The number of benzene rings is 1. The molecule has 40 heavy (non-hydrogen) atoms. The molecule has 5 amide bonds. The molecule has 0 fully saturated rings. The van der Waals surface area contributed by atoms with Crippen molar-refractivity contribution < 1.29 is 33.9 Å². The Morgan fingerprint density at radius 3 is 1.82 bits per heavy atom. The number of para-hydroxylation sites is 1. The molecule has 4 atom stereocenters. The summed E-state index contributed by atoms with van der Waals surface area (Å²) >= 11 is 0. The van der Waals surface area contributed by atoms with Crippen molar-refractivity contribution in [3.05, 3.63) is 36.0 Å². The molecule has 14 heteroatoms. The molecule has 2 rings (SSSR count). The summed E-state index contributed by atoms with van der Waals surface area (Å²) in [6.07, 6.45) is 0.613. The van der Waals surface area contributed by atoms with Crippen molar-refractivity contribution in [2.75, 3.05) is 0 Å². The van der Waals surface area contributed by atoms with Gasteiger partial charge in [0.1, 0.15) is 18.1 Å². The number of aromatic amines is 1. The Labute approximate surface area is 230 Å². The van der Waals surface area contributed by atoms with E-state index in [9.17, 15) is 33.9 Å². The first-order chi connectivity index (χ1) is 18.8. The summed E-state index contributed by atoms with van der Waals surface area (Å²) in [4.78, 5) is 76.6. The van der Waals surface area contributed by atoms with Crippen LogP contribution < -0.4 is 33.2 Å². The lowest BCUT2D eigenvalue weighted by atomic mass is 10.0. The molecule has 0 aliphatic heterocycles. The molecular formula is C26H37N7O7. The number of carbonyl (C=O) groups excluding carboxylic acids is 5. The zero-order valence-electron chi connectivity index (χ0n) is 22.4. The molecule has 1 aromatic carbocycles. The minimum absolute atomic E-state index is 0.0635. The number of rotatable bonds is 16. The van der Waals surface area contributed by atoms with E-state index in [2.05, 4.69) is 20.9 Å². The fraction of sp³-hybridized carbons (Fsp3) is 0.462. The van der Waals surface area contributed by atoms with Crippen molar-refractivity contribution in [3.63, 3.8) is 0 Å². The third-order valence-electron chi connectivity index (χ3n) is 6.36. The third-order valence-corrected chi connectivity index (χ3v) is 6.36. The van der Waals surface area contributed by atoms with Crippen LogP contribution in [0, 0.1) is 5.92 Å². The number of hydrogen-bond acceptors (Lipinski definition) is 7. The van der Waals surface area contributed by atoms with E-state index in [-0.39, 0.29) is 38.0 Å². The van der Waals surface area contributed by atoms with Crippen LogP contribution in [0.2, 0.25) is 0 Å². The molecule has 11 N–H and O–H groups in total. The lowest BCUT2D eigenvalue weighted by molar-refractivity contribution is -0.142. The Morgan fingerprint density at radius 1 is 0.825 bits per heavy atom. The average Bonchev–Trinajstić information content (AvgIpc) is 3.29. The summed E-state index contributed by atoms with van der Waals surface area (Å²) in [7, 11) is 0. The highest BCUT2D eigenvalue weighted by atomic mass is 16.4. The Hall–Kier alpha value is -4.46. The van der Waals surface area contributed by atoms with E-state index in [0.717, 1.165) is 10.9 Å². The standard InChI is InChI=1S/C26H37N7O7/c1-13(2)22(29)25(38)32-18(8-10-21(28)35)23(36)31-17(7-9-20(27)34)24(37)33-19(26(39)40)11-14-12-30-16-6-4-3-5-15(14)16/h3-6,12-13,17-19,22,30H,7-11,29H2,1-2H3,(H2,27,34)(H2,28,35)(H,31,36)(H,32,38)(H,33,37)(H,39,40). The van der Waals surface area contributed by atoms with Crippen molar-refractivity contribution in [1.29, 1.82) is 0 Å². The number of carboxylic acids is 1. The second-order valence-electron chi connectivity index (χ2n) is 9.87. The maximum absolute atomic E-state index is 13.2. The van der Waals surface area contributed by atoms with Gasteiger partial charge in [0.25, 0.3) is 0 Å². The molecular weight excluding hydrogens is 522 g/mol. The maximum Gasteiger partial charge on any atom is 0.326 e. The van der Waals surface area contributed by atoms with Crippen molar-refractivity contribution in [1.82, 2.24) is 20.9 Å². The Balaban J connectivity index is 2.22. The molecule has 0 radical (unpaired) electrons. The topological polar surface area (TPSA) is 253 Å². The summed E-state index contributed by atoms with van der Waals surface area (Å²) in [5.74, 6) is -5.40. The van der Waals surface area contributed by atoms with Crippen LogP contribution in [0.1, 0.15) is 45.1 Å². The smallest absolute Gasteiger partial charge is 0.326 e. The fourth-order valence-electron chi connectivity index (χ4n) is 3.95. The highest BCUT2D eigenvalue weighted by molar-refractivity contribution is 5.95. The summed E-state index contributed by atoms with van der Waals surface area (Å²) in [5.41, 5.74) is 17.7. The second-order valence-corrected chi connectivity index (χ2v) is 9.87. The number of amides is 5. The van der Waals surface area contributed by atoms with Gasteiger partial charge in [-0.3, -0.25) is 24.0 Å². The minimum Gasteiger partial charge on any atom is -0.480 e. The zero-order chi connectivity index (χ0) is 30.0. The first-order valence-corrected chi connectivity index (χ1v) is 12.8. The molecule has 2 aromatic rings. The maximum atomic E-state index is 13.2. The number of H-pyrrole nitrogens is 1. The Morgan fingerprint density at radius 2 is 1.32 bits per heavy atom. The molecule has 0 saturated carbocycles. The number of carboxylic acid groups (broad SMARTS) is 1. The van der Waals surface area contributed by atoms with Crippen LogP contribution in [-0.4, -0.2) is 69.8 Å². The zero-order valence-corrected chi connectivity index (χ0v) is 22.4. The Kier molecular flexibility index (Phi) is 11.6. The number of primary amides is 2. The number of aliphatic carboxylic acids is 1. The normalized spacial score (nSPS) is 14.1. The van der Waals surface area contributed by atoms with E-state index in [0.29, 0.717) is 5.56 Å². The van der Waals surface area contributed by atoms with Gasteiger partial charge < -0.3 is 43.2 Å². The monoisotopic (exact) mass is 559 g/mol. The van der Waals surface area contributed by atoms with Crippen LogP contribution in [0.3, 0.4) is 0 Å². The van der Waals surface area contributed by atoms with Gasteiger partial charge in [-0.15, -0.1) is 0 Å². The van der Waals surface area contributed by atoms with Crippen LogP contribution in [0.5, 0.6) is 0 Å². The first kappa shape index (κ1) is 31.8. The van der Waals surface area contributed by atoms with E-state index in [1.165, 1.54) is 0 Å². The molecule has 0 aliphatic rings. The summed E-state index contributed by atoms with van der Waals surface area (Å²) in [6, 6.07) is 2.28. The van der Waals surface area contributed by atoms with Gasteiger partial charge in [-0.1, -0.05) is 32.0 Å². The van der Waals surface area contributed by atoms with Crippen molar-refractivity contribution in [2.24, 2.45) is 23.1 Å². The first-order valence-electron chi connectivity index (χ1n) is 12.8. The number of hydrogen-bond donors (Lipinski definition) is 8. The fourth-order valence-corrected chi connectivity index (χ4v) is 3.95. The Bertz CT molecular complexity index is 1240. The molecule has 0 spiro atoms. The van der Waals surface area contributed by atoms with Gasteiger partial charge in [-0.05, 0) is 30.4 Å². The number of aromatic nitrogens is 1. The highest BCUT2D eigenvalue weighted by Gasteiger charge is 2.31. The molecule has 0 aliphatic carbocycles. The minimum atomic E-state index is -1.38. The van der Waals surface area contributed by atoms with Gasteiger partial charge in [0, 0.05) is 36.4 Å². The van der Waals surface area contributed by atoms with E-state index >= 15 is 0 Å². The van der Waals surface area contributed by atoms with Crippen LogP contribution in [0.25, 0.3) is 10.9 Å². The SMILES string of the molecule is CC(C)C(N)C(=O)NC(CCC(N)=O)C(=O)NC(CCC(N)=O)C(=O)NC(Cc1c[nH]c2ccccc12)C(=O)O. The second kappa shape index (κ2) is 14.6. The van der Waals surface area contributed by atoms with E-state index in [1.807, 2.05) is 18.2 Å². The van der Waals surface area contributed by atoms with Crippen LogP contribution >= 0.6 is 0 Å². The van der Waals surface area contributed by atoms with Gasteiger partial charge >= 0.3 is 5.97 Å². The van der Waals surface area contributed by atoms with E-state index < -0.39 is 59.7 Å². The van der Waals surface area contributed by atoms with E-state index in [4.69, 9.17) is 17.2 Å². The lowest BCUT2D eigenvalue weighted by Gasteiger charge is -2.25. The van der Waals surface area contributed by atoms with Crippen molar-refractivity contribution in [3.8, 4) is 0 Å². The molecule has 0 bridgehead atoms. The van der Waals surface area contributed by atoms with Gasteiger partial charge in [0.15, 0.2) is 0 Å². The molecule has 1 heterocycles. The molecule has 218 valence electrons. The molecule has 4 unspecified atom stereocenters. The molecule has 1 aromatic heterocycles. The van der Waals surface area contributed by atoms with Gasteiger partial charge in [0.2, 0.25) is 29.5 Å². The largest absolute Gasteiger partial charge is 0.480 e. The van der Waals surface area contributed by atoms with Crippen LogP contribution in [-0.2, 0) is 35.2 Å². The lowest BCUT2D eigenvalue weighted by Crippen LogP contribution is -2.57. The number of nitrogens with two attached hydrogens (primary N) is 3. The average molecular weight is 560 g/mol. The quantitative estimate of drug-likeness (QED) is 0.123. The summed E-state index contributed by atoms with van der Waals surface area (Å²) < 4.78 is 0. The molecule has 14 nitrogen and oxygen atoms in total. The number of nitrogens with one attached hydrogen (secondary N) is 4. The van der Waals surface area contributed by atoms with Crippen molar-refractivity contribution >= 4 is 46.4 Å². The highest BCUT2D eigenvalue weighted by Crippen LogP contribution is 2.19. The van der Waals surface area contributed by atoms with Crippen LogP contribution in [0.15, 0.2) is 30.5 Å². The molecule has 0 saturated heterocycles. The predicted molar refractivity (Wildman–Crippen MR) is 145 cm³/mol. The van der Waals surface area contributed by atoms with Gasteiger partial charge in [-0.25, -0.2) is 4.79 Å². The van der Waals surface area contributed by atoms with Crippen LogP contribution in [0.4, 0.5) is 0 Å². The number of carbonyl (C=O) groups is 6. The predicted octanol–water partition coefficient (Wildman–Crippen LogP) is -1.24. The van der Waals surface area contributed by atoms with Gasteiger partial charge in [-0.2, -0.15) is 0 Å². The van der Waals surface area contributed by atoms with Crippen molar-refractivity contribution in [2.45, 2.75) is 70.1 Å².